The predicted molar refractivity (Wildman–Crippen MR) is 79.8 cm³/mol. The van der Waals surface area contributed by atoms with E-state index in [0.717, 1.165) is 6.26 Å². The first-order valence-corrected chi connectivity index (χ1v) is 8.42. The first-order valence-electron chi connectivity index (χ1n) is 6.53. The highest BCUT2D eigenvalue weighted by Gasteiger charge is 2.53. The topological polar surface area (TPSA) is 110 Å². The summed E-state index contributed by atoms with van der Waals surface area (Å²) < 4.78 is 28.7. The van der Waals surface area contributed by atoms with Crippen LogP contribution in [-0.4, -0.2) is 36.7 Å². The molecule has 1 aromatic carbocycles. The van der Waals surface area contributed by atoms with Crippen LogP contribution in [0.15, 0.2) is 30.3 Å². The van der Waals surface area contributed by atoms with Crippen LogP contribution in [0.1, 0.15) is 19.4 Å². The molecule has 0 aliphatic heterocycles. The minimum Gasteiger partial charge on any atom is -0.479 e. The minimum atomic E-state index is -4.11. The van der Waals surface area contributed by atoms with Crippen LogP contribution in [0.3, 0.4) is 0 Å². The number of benzene rings is 1. The number of aliphatic carboxylic acids is 1. The van der Waals surface area contributed by atoms with Crippen LogP contribution < -0.4 is 5.32 Å². The first kappa shape index (κ1) is 18.0. The fourth-order valence-electron chi connectivity index (χ4n) is 2.04. The van der Waals surface area contributed by atoms with Crippen molar-refractivity contribution in [3.8, 4) is 0 Å². The number of hydrogen-bond donors (Lipinski definition) is 2. The fourth-order valence-corrected chi connectivity index (χ4v) is 3.48. The molecule has 0 heterocycles. The molecule has 1 rings (SSSR count). The van der Waals surface area contributed by atoms with Gasteiger partial charge in [0.1, 0.15) is 6.61 Å². The lowest BCUT2D eigenvalue weighted by molar-refractivity contribution is -0.142. The molecule has 0 unspecified atom stereocenters. The van der Waals surface area contributed by atoms with Gasteiger partial charge in [-0.25, -0.2) is 18.0 Å². The number of carbonyl (C=O) groups is 2. The van der Waals surface area contributed by atoms with Crippen LogP contribution in [0.25, 0.3) is 0 Å². The van der Waals surface area contributed by atoms with Crippen molar-refractivity contribution in [2.24, 2.45) is 5.92 Å². The molecule has 0 aromatic heterocycles. The molecule has 0 aliphatic rings. The molecular formula is C14H19NO6S. The molecule has 122 valence electrons. The highest BCUT2D eigenvalue weighted by atomic mass is 32.2. The van der Waals surface area contributed by atoms with Gasteiger partial charge in [0.2, 0.25) is 4.87 Å². The number of carboxylic acids is 1. The monoisotopic (exact) mass is 329 g/mol. The second kappa shape index (κ2) is 6.78. The Morgan fingerprint density at radius 2 is 1.82 bits per heavy atom. The largest absolute Gasteiger partial charge is 0.479 e. The van der Waals surface area contributed by atoms with E-state index in [4.69, 9.17) is 4.74 Å². The maximum atomic E-state index is 11.9. The molecule has 1 aromatic rings. The van der Waals surface area contributed by atoms with E-state index >= 15 is 0 Å². The quantitative estimate of drug-likeness (QED) is 0.816. The smallest absolute Gasteiger partial charge is 0.409 e. The van der Waals surface area contributed by atoms with Crippen LogP contribution >= 0.6 is 0 Å². The number of amides is 1. The summed E-state index contributed by atoms with van der Waals surface area (Å²) in [7, 11) is -4.11. The molecule has 22 heavy (non-hydrogen) atoms. The lowest BCUT2D eigenvalue weighted by Gasteiger charge is -2.31. The number of alkyl carbamates (subject to hydrolysis) is 1. The molecular weight excluding hydrogens is 310 g/mol. The summed E-state index contributed by atoms with van der Waals surface area (Å²) in [6.07, 6.45) is -0.344. The molecule has 0 bridgehead atoms. The summed E-state index contributed by atoms with van der Waals surface area (Å²) in [5.41, 5.74) is 0.697. The van der Waals surface area contributed by atoms with Gasteiger partial charge in [-0.1, -0.05) is 44.2 Å². The number of carbonyl (C=O) groups excluding carboxylic acids is 1. The van der Waals surface area contributed by atoms with E-state index in [9.17, 15) is 23.1 Å². The Labute approximate surface area is 129 Å². The van der Waals surface area contributed by atoms with E-state index in [1.165, 1.54) is 13.8 Å². The Morgan fingerprint density at radius 3 is 2.23 bits per heavy atom. The van der Waals surface area contributed by atoms with Gasteiger partial charge in [-0.3, -0.25) is 5.32 Å². The van der Waals surface area contributed by atoms with Crippen LogP contribution in [0.5, 0.6) is 0 Å². The van der Waals surface area contributed by atoms with Crippen molar-refractivity contribution in [1.29, 1.82) is 0 Å². The van der Waals surface area contributed by atoms with Crippen LogP contribution in [0.2, 0.25) is 0 Å². The van der Waals surface area contributed by atoms with E-state index in [2.05, 4.69) is 0 Å². The van der Waals surface area contributed by atoms with Gasteiger partial charge in [-0.15, -0.1) is 0 Å². The molecule has 8 heteroatoms. The van der Waals surface area contributed by atoms with Gasteiger partial charge in [-0.2, -0.15) is 0 Å². The average Bonchev–Trinajstić information content (AvgIpc) is 2.41. The van der Waals surface area contributed by atoms with Gasteiger partial charge in [0.05, 0.1) is 0 Å². The van der Waals surface area contributed by atoms with Crippen molar-refractivity contribution in [2.75, 3.05) is 6.26 Å². The summed E-state index contributed by atoms with van der Waals surface area (Å²) >= 11 is 0. The summed E-state index contributed by atoms with van der Waals surface area (Å²) in [5.74, 6) is -2.54. The van der Waals surface area contributed by atoms with Crippen molar-refractivity contribution < 1.29 is 27.9 Å². The maximum absolute atomic E-state index is 11.9. The number of carboxylic acid groups (broad SMARTS) is 1. The number of rotatable bonds is 6. The Hall–Kier alpha value is -2.09. The third kappa shape index (κ3) is 3.76. The van der Waals surface area contributed by atoms with Crippen molar-refractivity contribution in [3.63, 3.8) is 0 Å². The van der Waals surface area contributed by atoms with E-state index in [1.807, 2.05) is 5.32 Å². The van der Waals surface area contributed by atoms with E-state index < -0.39 is 32.7 Å². The molecule has 0 spiro atoms. The zero-order valence-corrected chi connectivity index (χ0v) is 13.4. The number of nitrogens with one attached hydrogen (secondary N) is 1. The van der Waals surface area contributed by atoms with Gasteiger partial charge in [0.25, 0.3) is 0 Å². The standard InChI is InChI=1S/C14H19NO6S/c1-10(2)14(12(16)17,22(3,19)20)15-13(18)21-9-11-7-5-4-6-8-11/h4-8,10H,9H2,1-3H3,(H,15,18)(H,16,17)/t14-/m1/s1. The van der Waals surface area contributed by atoms with E-state index in [-0.39, 0.29) is 6.61 Å². The van der Waals surface area contributed by atoms with E-state index in [0.29, 0.717) is 5.56 Å². The molecule has 0 fully saturated rings. The minimum absolute atomic E-state index is 0.0930. The zero-order chi connectivity index (χ0) is 17.0. The number of hydrogen-bond acceptors (Lipinski definition) is 5. The molecule has 1 amide bonds. The summed E-state index contributed by atoms with van der Waals surface area (Å²) in [5, 5.41) is 11.3. The molecule has 1 atom stereocenters. The SMILES string of the molecule is CC(C)[C@](NC(=O)OCc1ccccc1)(C(=O)O)S(C)(=O)=O. The van der Waals surface area contributed by atoms with Crippen molar-refractivity contribution in [2.45, 2.75) is 25.3 Å². The molecule has 0 radical (unpaired) electrons. The third-order valence-electron chi connectivity index (χ3n) is 3.22. The predicted octanol–water partition coefficient (Wildman–Crippen LogP) is 1.39. The van der Waals surface area contributed by atoms with Crippen LogP contribution in [0.4, 0.5) is 4.79 Å². The molecule has 0 saturated heterocycles. The maximum Gasteiger partial charge on any atom is 0.409 e. The zero-order valence-electron chi connectivity index (χ0n) is 12.6. The molecule has 7 nitrogen and oxygen atoms in total. The van der Waals surface area contributed by atoms with Crippen molar-refractivity contribution >= 4 is 21.9 Å². The first-order chi connectivity index (χ1) is 10.1. The highest BCUT2D eigenvalue weighted by Crippen LogP contribution is 2.24. The average molecular weight is 329 g/mol. The summed E-state index contributed by atoms with van der Waals surface area (Å²) in [6.45, 7) is 2.70. The second-order valence-corrected chi connectivity index (χ2v) is 7.34. The molecule has 0 saturated carbocycles. The van der Waals surface area contributed by atoms with Gasteiger partial charge in [0, 0.05) is 12.2 Å². The lowest BCUT2D eigenvalue weighted by Crippen LogP contribution is -2.63. The fraction of sp³-hybridized carbons (Fsp3) is 0.429. The van der Waals surface area contributed by atoms with Gasteiger partial charge < -0.3 is 9.84 Å². The van der Waals surface area contributed by atoms with Gasteiger partial charge >= 0.3 is 12.1 Å². The van der Waals surface area contributed by atoms with E-state index in [1.54, 1.807) is 30.3 Å². The van der Waals surface area contributed by atoms with Gasteiger partial charge in [-0.05, 0) is 5.56 Å². The Kier molecular flexibility index (Phi) is 5.54. The Balaban J connectivity index is 2.91. The Morgan fingerprint density at radius 1 is 1.27 bits per heavy atom. The normalized spacial score (nSPS) is 14.2. The highest BCUT2D eigenvalue weighted by molar-refractivity contribution is 7.92. The van der Waals surface area contributed by atoms with Crippen LogP contribution in [-0.2, 0) is 26.0 Å². The second-order valence-electron chi connectivity index (χ2n) is 5.15. The Bertz CT molecular complexity index is 641. The molecule has 0 aliphatic carbocycles. The summed E-state index contributed by atoms with van der Waals surface area (Å²) in [6, 6.07) is 8.74. The van der Waals surface area contributed by atoms with Crippen LogP contribution in [0, 0.1) is 5.92 Å². The number of sulfone groups is 1. The van der Waals surface area contributed by atoms with Crippen molar-refractivity contribution in [3.05, 3.63) is 35.9 Å². The number of ether oxygens (including phenoxy) is 1. The lowest BCUT2D eigenvalue weighted by atomic mass is 10.0. The van der Waals surface area contributed by atoms with Crippen molar-refractivity contribution in [1.82, 2.24) is 5.32 Å². The third-order valence-corrected chi connectivity index (χ3v) is 5.13. The summed E-state index contributed by atoms with van der Waals surface area (Å²) in [4.78, 5) is 20.9. The molecule has 2 N–H and O–H groups in total. The van der Waals surface area contributed by atoms with Gasteiger partial charge in [0.15, 0.2) is 9.84 Å².